The zero-order chi connectivity index (χ0) is 6.69. The molecule has 0 saturated heterocycles. The van der Waals surface area contributed by atoms with Gasteiger partial charge in [0.25, 0.3) is 0 Å². The van der Waals surface area contributed by atoms with Gasteiger partial charge in [-0.05, 0) is 12.1 Å². The summed E-state index contributed by atoms with van der Waals surface area (Å²) in [5, 5.41) is 8.54. The van der Waals surface area contributed by atoms with Crippen molar-refractivity contribution in [3.63, 3.8) is 0 Å². The first-order valence-corrected chi connectivity index (χ1v) is 2.78. The highest BCUT2D eigenvalue weighted by atomic mass is 35.5. The van der Waals surface area contributed by atoms with Crippen LogP contribution in [0.3, 0.4) is 0 Å². The second-order valence-electron chi connectivity index (χ2n) is 1.52. The Morgan fingerprint density at radius 1 is 1.33 bits per heavy atom. The first-order valence-electron chi connectivity index (χ1n) is 2.40. The minimum absolute atomic E-state index is 0.277. The summed E-state index contributed by atoms with van der Waals surface area (Å²) in [5.74, 6) is 0.277. The van der Waals surface area contributed by atoms with Crippen LogP contribution in [-0.4, -0.2) is 5.26 Å². The molecule has 48 valence electrons. The second-order valence-corrected chi connectivity index (χ2v) is 1.93. The van der Waals surface area contributed by atoms with Crippen LogP contribution in [0.4, 0.5) is 0 Å². The Morgan fingerprint density at radius 3 is 2.44 bits per heavy atom. The molecule has 0 saturated carbocycles. The van der Waals surface area contributed by atoms with E-state index in [0.29, 0.717) is 5.02 Å². The summed E-state index contributed by atoms with van der Waals surface area (Å²) in [6.07, 6.45) is 0. The molecule has 1 N–H and O–H groups in total. The largest absolute Gasteiger partial charge is 0.339 e. The number of benzene rings is 1. The lowest BCUT2D eigenvalue weighted by Crippen LogP contribution is -1.82. The van der Waals surface area contributed by atoms with Gasteiger partial charge >= 0.3 is 0 Å². The highest BCUT2D eigenvalue weighted by Gasteiger charge is 1.95. The predicted octanol–water partition coefficient (Wildman–Crippen LogP) is 2.19. The standard InChI is InChI=1S/C6H5ClO2/c7-5-3-1-2-4-6(5)9-8/h1-4,8H. The molecule has 1 aromatic carbocycles. The van der Waals surface area contributed by atoms with Crippen LogP contribution in [-0.2, 0) is 0 Å². The van der Waals surface area contributed by atoms with E-state index in [1.165, 1.54) is 0 Å². The highest BCUT2D eigenvalue weighted by Crippen LogP contribution is 2.21. The molecule has 0 unspecified atom stereocenters. The van der Waals surface area contributed by atoms with Crippen molar-refractivity contribution in [1.82, 2.24) is 0 Å². The average molecular weight is 145 g/mol. The van der Waals surface area contributed by atoms with Gasteiger partial charge in [0.2, 0.25) is 0 Å². The predicted molar refractivity (Wildman–Crippen MR) is 34.7 cm³/mol. The number of para-hydroxylation sites is 1. The molecule has 2 nitrogen and oxygen atoms in total. The highest BCUT2D eigenvalue weighted by molar-refractivity contribution is 6.32. The van der Waals surface area contributed by atoms with E-state index in [4.69, 9.17) is 16.9 Å². The van der Waals surface area contributed by atoms with E-state index >= 15 is 0 Å². The molecular weight excluding hydrogens is 140 g/mol. The number of hydrogen-bond donors (Lipinski definition) is 1. The molecule has 0 aliphatic heterocycles. The van der Waals surface area contributed by atoms with Crippen LogP contribution >= 0.6 is 11.6 Å². The molecule has 0 heterocycles. The normalized spacial score (nSPS) is 9.11. The van der Waals surface area contributed by atoms with Crippen molar-refractivity contribution in [2.24, 2.45) is 0 Å². The second kappa shape index (κ2) is 2.71. The van der Waals surface area contributed by atoms with Crippen LogP contribution in [0.2, 0.25) is 5.02 Å². The maximum Gasteiger partial charge on any atom is 0.183 e. The summed E-state index contributed by atoms with van der Waals surface area (Å²) in [6.45, 7) is 0. The Bertz CT molecular complexity index is 200. The monoisotopic (exact) mass is 144 g/mol. The van der Waals surface area contributed by atoms with Gasteiger partial charge in [-0.25, -0.2) is 5.26 Å². The van der Waals surface area contributed by atoms with Crippen LogP contribution < -0.4 is 4.89 Å². The Morgan fingerprint density at radius 2 is 2.00 bits per heavy atom. The summed E-state index contributed by atoms with van der Waals surface area (Å²) in [6, 6.07) is 6.68. The van der Waals surface area contributed by atoms with Gasteiger partial charge in [0.15, 0.2) is 5.75 Å². The lowest BCUT2D eigenvalue weighted by atomic mass is 10.3. The van der Waals surface area contributed by atoms with E-state index in [0.717, 1.165) is 0 Å². The van der Waals surface area contributed by atoms with Gasteiger partial charge in [-0.3, -0.25) is 0 Å². The fraction of sp³-hybridized carbons (Fsp3) is 0. The molecule has 0 aromatic heterocycles. The number of rotatable bonds is 1. The quantitative estimate of drug-likeness (QED) is 0.484. The van der Waals surface area contributed by atoms with Gasteiger partial charge in [-0.1, -0.05) is 23.7 Å². The molecule has 0 fully saturated rings. The van der Waals surface area contributed by atoms with E-state index in [1.54, 1.807) is 24.3 Å². The van der Waals surface area contributed by atoms with Gasteiger partial charge in [-0.2, -0.15) is 0 Å². The lowest BCUT2D eigenvalue weighted by molar-refractivity contribution is -0.137. The average Bonchev–Trinajstić information content (AvgIpc) is 1.89. The molecule has 1 aromatic rings. The molecule has 0 atom stereocenters. The van der Waals surface area contributed by atoms with Crippen LogP contribution in [0, 0.1) is 0 Å². The van der Waals surface area contributed by atoms with Crippen LogP contribution in [0.25, 0.3) is 0 Å². The Labute approximate surface area is 57.6 Å². The maximum absolute atomic E-state index is 8.13. The summed E-state index contributed by atoms with van der Waals surface area (Å²) in [7, 11) is 0. The summed E-state index contributed by atoms with van der Waals surface area (Å²) >= 11 is 5.54. The molecule has 0 bridgehead atoms. The molecule has 0 amide bonds. The fourth-order valence-corrected chi connectivity index (χ4v) is 0.689. The van der Waals surface area contributed by atoms with Crippen molar-refractivity contribution in [3.8, 4) is 5.75 Å². The summed E-state index contributed by atoms with van der Waals surface area (Å²) in [5.41, 5.74) is 0. The smallest absolute Gasteiger partial charge is 0.183 e. The van der Waals surface area contributed by atoms with Gasteiger partial charge in [0.05, 0.1) is 5.02 Å². The molecule has 0 aliphatic carbocycles. The van der Waals surface area contributed by atoms with E-state index in [1.807, 2.05) is 0 Å². The van der Waals surface area contributed by atoms with Gasteiger partial charge in [0, 0.05) is 0 Å². The van der Waals surface area contributed by atoms with Crippen LogP contribution in [0.5, 0.6) is 5.75 Å². The lowest BCUT2D eigenvalue weighted by Gasteiger charge is -1.95. The summed E-state index contributed by atoms with van der Waals surface area (Å²) < 4.78 is 0. The van der Waals surface area contributed by atoms with Crippen molar-refractivity contribution in [1.29, 1.82) is 0 Å². The van der Waals surface area contributed by atoms with E-state index in [9.17, 15) is 0 Å². The third-order valence-electron chi connectivity index (χ3n) is 0.935. The van der Waals surface area contributed by atoms with E-state index in [-0.39, 0.29) is 5.75 Å². The first-order chi connectivity index (χ1) is 4.34. The third-order valence-corrected chi connectivity index (χ3v) is 1.25. The minimum Gasteiger partial charge on any atom is -0.339 e. The Kier molecular flexibility index (Phi) is 1.92. The van der Waals surface area contributed by atoms with Crippen LogP contribution in [0.15, 0.2) is 24.3 Å². The van der Waals surface area contributed by atoms with Gasteiger partial charge in [0.1, 0.15) is 0 Å². The minimum atomic E-state index is 0.277. The third kappa shape index (κ3) is 1.34. The molecular formula is C6H5ClO2. The zero-order valence-electron chi connectivity index (χ0n) is 4.54. The molecule has 1 rings (SSSR count). The summed E-state index contributed by atoms with van der Waals surface area (Å²) in [4.78, 5) is 3.91. The van der Waals surface area contributed by atoms with Crippen molar-refractivity contribution in [2.75, 3.05) is 0 Å². The molecule has 0 radical (unpaired) electrons. The SMILES string of the molecule is OOc1ccccc1Cl. The molecule has 9 heavy (non-hydrogen) atoms. The fourth-order valence-electron chi connectivity index (χ4n) is 0.519. The van der Waals surface area contributed by atoms with Crippen molar-refractivity contribution >= 4 is 11.6 Å². The first kappa shape index (κ1) is 6.39. The van der Waals surface area contributed by atoms with E-state index < -0.39 is 0 Å². The molecule has 0 spiro atoms. The maximum atomic E-state index is 8.13. The number of halogens is 1. The molecule has 3 heteroatoms. The molecule has 0 aliphatic rings. The van der Waals surface area contributed by atoms with Gasteiger partial charge in [-0.15, -0.1) is 0 Å². The van der Waals surface area contributed by atoms with E-state index in [2.05, 4.69) is 4.89 Å². The van der Waals surface area contributed by atoms with Crippen molar-refractivity contribution in [2.45, 2.75) is 0 Å². The topological polar surface area (TPSA) is 29.5 Å². The number of hydrogen-bond acceptors (Lipinski definition) is 2. The van der Waals surface area contributed by atoms with Crippen molar-refractivity contribution < 1.29 is 10.1 Å². The Balaban J connectivity index is 3.01. The van der Waals surface area contributed by atoms with Gasteiger partial charge < -0.3 is 4.89 Å². The Hall–Kier alpha value is -0.730. The zero-order valence-corrected chi connectivity index (χ0v) is 5.30. The van der Waals surface area contributed by atoms with Crippen LogP contribution in [0.1, 0.15) is 0 Å². The van der Waals surface area contributed by atoms with Crippen molar-refractivity contribution in [3.05, 3.63) is 29.3 Å².